The maximum Gasteiger partial charge on any atom is 0.191 e. The number of hydrogen-bond donors (Lipinski definition) is 1. The Labute approximate surface area is 177 Å². The topological polar surface area (TPSA) is 58.7 Å². The van der Waals surface area contributed by atoms with Gasteiger partial charge in [0.05, 0.1) is 12.2 Å². The van der Waals surface area contributed by atoms with Crippen molar-refractivity contribution in [2.75, 3.05) is 13.6 Å². The fraction of sp³-hybridized carbons (Fsp3) is 0.280. The number of nitrogens with zero attached hydrogens (tertiary/aromatic N) is 2. The summed E-state index contributed by atoms with van der Waals surface area (Å²) >= 11 is 0. The van der Waals surface area contributed by atoms with Crippen LogP contribution in [0.2, 0.25) is 0 Å². The third kappa shape index (κ3) is 3.98. The Morgan fingerprint density at radius 3 is 2.77 bits per heavy atom. The van der Waals surface area contributed by atoms with Crippen LogP contribution in [-0.2, 0) is 4.79 Å². The molecular formula is C25H28FN3O. The van der Waals surface area contributed by atoms with Crippen molar-refractivity contribution in [2.45, 2.75) is 32.9 Å². The first kappa shape index (κ1) is 21.7. The van der Waals surface area contributed by atoms with Gasteiger partial charge >= 0.3 is 0 Å². The van der Waals surface area contributed by atoms with Gasteiger partial charge in [0.25, 0.3) is 0 Å². The monoisotopic (exact) mass is 405 g/mol. The van der Waals surface area contributed by atoms with Crippen molar-refractivity contribution in [1.29, 1.82) is 0 Å². The molecule has 2 N–H and O–H groups in total. The maximum atomic E-state index is 13.7. The Kier molecular flexibility index (Phi) is 6.32. The highest BCUT2D eigenvalue weighted by atomic mass is 19.1. The van der Waals surface area contributed by atoms with Crippen LogP contribution in [0.15, 0.2) is 99.6 Å². The summed E-state index contributed by atoms with van der Waals surface area (Å²) < 4.78 is 13.7. The van der Waals surface area contributed by atoms with E-state index in [9.17, 15) is 9.18 Å². The zero-order valence-corrected chi connectivity index (χ0v) is 17.8. The molecule has 4 nitrogen and oxygen atoms in total. The van der Waals surface area contributed by atoms with Gasteiger partial charge in [-0.3, -0.25) is 9.79 Å². The predicted molar refractivity (Wildman–Crippen MR) is 122 cm³/mol. The molecular weight excluding hydrogens is 377 g/mol. The number of carbonyl (C=O) groups excluding carboxylic acids is 1. The lowest BCUT2D eigenvalue weighted by Crippen LogP contribution is -2.36. The molecule has 1 unspecified atom stereocenters. The van der Waals surface area contributed by atoms with Gasteiger partial charge in [0.15, 0.2) is 5.78 Å². The molecule has 1 heterocycles. The second-order valence-electron chi connectivity index (χ2n) is 7.61. The lowest BCUT2D eigenvalue weighted by molar-refractivity contribution is -0.111. The second-order valence-corrected chi connectivity index (χ2v) is 7.61. The summed E-state index contributed by atoms with van der Waals surface area (Å²) in [5, 5.41) is 0. The molecule has 0 amide bonds. The van der Waals surface area contributed by atoms with E-state index in [0.717, 1.165) is 28.0 Å². The number of allylic oxidation sites excluding steroid dienone is 12. The average Bonchev–Trinajstić information content (AvgIpc) is 2.83. The number of hydrogen-bond acceptors (Lipinski definition) is 4. The van der Waals surface area contributed by atoms with Gasteiger partial charge in [-0.05, 0) is 49.1 Å². The molecule has 1 aliphatic heterocycles. The molecule has 156 valence electrons. The van der Waals surface area contributed by atoms with Crippen molar-refractivity contribution in [1.82, 2.24) is 4.90 Å². The highest BCUT2D eigenvalue weighted by Crippen LogP contribution is 2.41. The molecule has 0 aromatic rings. The van der Waals surface area contributed by atoms with Gasteiger partial charge in [-0.1, -0.05) is 37.5 Å². The van der Waals surface area contributed by atoms with E-state index in [1.807, 2.05) is 37.9 Å². The minimum absolute atomic E-state index is 0.0174. The van der Waals surface area contributed by atoms with Gasteiger partial charge in [-0.25, -0.2) is 4.39 Å². The summed E-state index contributed by atoms with van der Waals surface area (Å²) in [6.07, 6.45) is 10.4. The molecule has 1 atom stereocenters. The molecule has 0 bridgehead atoms. The van der Waals surface area contributed by atoms with Crippen molar-refractivity contribution in [3.05, 3.63) is 94.6 Å². The molecule has 0 saturated carbocycles. The first-order valence-electron chi connectivity index (χ1n) is 10.0. The zero-order chi connectivity index (χ0) is 22.0. The molecule has 3 aliphatic rings. The van der Waals surface area contributed by atoms with E-state index < -0.39 is 6.17 Å². The van der Waals surface area contributed by atoms with Crippen LogP contribution in [0.1, 0.15) is 26.7 Å². The first-order chi connectivity index (χ1) is 14.3. The Balaban J connectivity index is 2.17. The van der Waals surface area contributed by atoms with Crippen LogP contribution in [0.4, 0.5) is 4.39 Å². The Hall–Kier alpha value is -3.05. The van der Waals surface area contributed by atoms with E-state index >= 15 is 0 Å². The first-order valence-corrected chi connectivity index (χ1v) is 10.0. The van der Waals surface area contributed by atoms with Crippen LogP contribution in [-0.4, -0.2) is 36.2 Å². The van der Waals surface area contributed by atoms with Crippen LogP contribution in [0.25, 0.3) is 0 Å². The van der Waals surface area contributed by atoms with E-state index in [0.29, 0.717) is 36.2 Å². The molecule has 0 aromatic heterocycles. The molecule has 5 heteroatoms. The molecule has 3 rings (SSSR count). The molecule has 30 heavy (non-hydrogen) atoms. The summed E-state index contributed by atoms with van der Waals surface area (Å²) in [5.41, 5.74) is 12.6. The standard InChI is InChI=1S/C25H28FN3O/c1-6-15(3)16(4)23-19(7-2)25(30)20-13-21(17-9-8-10-18(26)12-11-17)28-22(27)14-29(5)24(20)23/h6-7,9-12,22H,1,3,8,13-14,27H2,2,4-5H3/b19-7+,23-16-,28-21+. The molecule has 2 aliphatic carbocycles. The molecule has 0 radical (unpaired) electrons. The number of carbonyl (C=O) groups is 1. The Bertz CT molecular complexity index is 1030. The SMILES string of the molecule is C=CC(=C)/C(C)=C1\C2=C(C/C(C3=CCC=C(F)C=C3)=N\C(N)CN2C)C(=O)\C1=C\C. The molecule has 0 aromatic carbocycles. The fourth-order valence-corrected chi connectivity index (χ4v) is 4.04. The van der Waals surface area contributed by atoms with Crippen LogP contribution in [0, 0.1) is 0 Å². The summed E-state index contributed by atoms with van der Waals surface area (Å²) in [6, 6.07) is 0. The van der Waals surface area contributed by atoms with Crippen LogP contribution in [0.5, 0.6) is 0 Å². The van der Waals surface area contributed by atoms with Crippen molar-refractivity contribution in [2.24, 2.45) is 10.7 Å². The van der Waals surface area contributed by atoms with Gasteiger partial charge < -0.3 is 10.6 Å². The number of nitrogens with two attached hydrogens (primary N) is 1. The number of Topliss-reactive ketones (excluding diaryl/α,β-unsaturated/α-hetero) is 1. The summed E-state index contributed by atoms with van der Waals surface area (Å²) in [6.45, 7) is 12.2. The highest BCUT2D eigenvalue weighted by molar-refractivity contribution is 6.21. The minimum atomic E-state index is -0.469. The van der Waals surface area contributed by atoms with Gasteiger partial charge in [0, 0.05) is 35.9 Å². The van der Waals surface area contributed by atoms with Crippen LogP contribution < -0.4 is 5.73 Å². The van der Waals surface area contributed by atoms with Gasteiger partial charge in [-0.15, -0.1) is 0 Å². The number of halogens is 1. The summed E-state index contributed by atoms with van der Waals surface area (Å²) in [4.78, 5) is 20.1. The molecule has 0 fully saturated rings. The Morgan fingerprint density at radius 1 is 1.37 bits per heavy atom. The lowest BCUT2D eigenvalue weighted by atomic mass is 9.96. The smallest absolute Gasteiger partial charge is 0.191 e. The van der Waals surface area contributed by atoms with Gasteiger partial charge in [0.1, 0.15) is 12.0 Å². The van der Waals surface area contributed by atoms with E-state index in [1.54, 1.807) is 12.2 Å². The zero-order valence-electron chi connectivity index (χ0n) is 17.8. The van der Waals surface area contributed by atoms with E-state index in [-0.39, 0.29) is 11.6 Å². The highest BCUT2D eigenvalue weighted by Gasteiger charge is 2.37. The number of aliphatic imine (C=N–C) groups is 1. The van der Waals surface area contributed by atoms with E-state index in [1.165, 1.54) is 12.2 Å². The van der Waals surface area contributed by atoms with Crippen molar-refractivity contribution in [3.8, 4) is 0 Å². The fourth-order valence-electron chi connectivity index (χ4n) is 4.04. The average molecular weight is 406 g/mol. The lowest BCUT2D eigenvalue weighted by Gasteiger charge is -2.28. The van der Waals surface area contributed by atoms with Gasteiger partial charge in [0.2, 0.25) is 0 Å². The van der Waals surface area contributed by atoms with Crippen molar-refractivity contribution >= 4 is 11.5 Å². The molecule has 0 spiro atoms. The quantitative estimate of drug-likeness (QED) is 0.550. The Morgan fingerprint density at radius 2 is 2.10 bits per heavy atom. The maximum absolute atomic E-state index is 13.7. The van der Waals surface area contributed by atoms with Crippen molar-refractivity contribution < 1.29 is 9.18 Å². The summed E-state index contributed by atoms with van der Waals surface area (Å²) in [5.74, 6) is -0.301. The van der Waals surface area contributed by atoms with E-state index in [4.69, 9.17) is 5.73 Å². The van der Waals surface area contributed by atoms with Gasteiger partial charge in [-0.2, -0.15) is 0 Å². The number of ketones is 1. The summed E-state index contributed by atoms with van der Waals surface area (Å²) in [7, 11) is 1.93. The largest absolute Gasteiger partial charge is 0.370 e. The van der Waals surface area contributed by atoms with Crippen molar-refractivity contribution in [3.63, 3.8) is 0 Å². The normalized spacial score (nSPS) is 26.9. The third-order valence-electron chi connectivity index (χ3n) is 5.62. The van der Waals surface area contributed by atoms with E-state index in [2.05, 4.69) is 18.2 Å². The second kappa shape index (κ2) is 8.76. The number of likely N-dealkylation sites (N-methyl/N-ethyl adjacent to an activating group) is 1. The minimum Gasteiger partial charge on any atom is -0.370 e. The molecule has 0 saturated heterocycles. The van der Waals surface area contributed by atoms with Crippen LogP contribution >= 0.6 is 0 Å². The van der Waals surface area contributed by atoms with Crippen LogP contribution in [0.3, 0.4) is 0 Å². The third-order valence-corrected chi connectivity index (χ3v) is 5.62. The predicted octanol–water partition coefficient (Wildman–Crippen LogP) is 4.63. The number of rotatable bonds is 3.